The summed E-state index contributed by atoms with van der Waals surface area (Å²) in [5.41, 5.74) is 0.583. The number of rotatable bonds is 7. The lowest BCUT2D eigenvalue weighted by Gasteiger charge is -2.29. The summed E-state index contributed by atoms with van der Waals surface area (Å²) in [5.74, 6) is -0.0636. The maximum absolute atomic E-state index is 12.7. The third-order valence-corrected chi connectivity index (χ3v) is 4.62. The Hall–Kier alpha value is -2.24. The Morgan fingerprint density at radius 3 is 2.27 bits per heavy atom. The molecule has 0 heterocycles. The van der Waals surface area contributed by atoms with Crippen LogP contribution in [0.15, 0.2) is 48.5 Å². The fraction of sp³-hybridized carbons (Fsp3) is 0.263. The zero-order valence-electron chi connectivity index (χ0n) is 14.5. The molecule has 0 saturated carbocycles. The van der Waals surface area contributed by atoms with Crippen molar-refractivity contribution in [2.24, 2.45) is 0 Å². The molecule has 0 radical (unpaired) electrons. The van der Waals surface area contributed by atoms with Gasteiger partial charge in [0.25, 0.3) is 5.91 Å². The molecule has 1 atom stereocenters. The van der Waals surface area contributed by atoms with Crippen LogP contribution < -0.4 is 10.1 Å². The molecule has 5 nitrogen and oxygen atoms in total. The highest BCUT2D eigenvalue weighted by molar-refractivity contribution is 6.36. The van der Waals surface area contributed by atoms with Crippen molar-refractivity contribution in [1.82, 2.24) is 10.2 Å². The molecule has 2 amide bonds. The summed E-state index contributed by atoms with van der Waals surface area (Å²) in [6.45, 7) is 1.54. The summed E-state index contributed by atoms with van der Waals surface area (Å²) < 4.78 is 5.52. The van der Waals surface area contributed by atoms with E-state index in [0.717, 1.165) is 0 Å². The van der Waals surface area contributed by atoms with Crippen LogP contribution in [0.25, 0.3) is 0 Å². The van der Waals surface area contributed by atoms with E-state index in [2.05, 4.69) is 5.32 Å². The van der Waals surface area contributed by atoms with Crippen molar-refractivity contribution < 1.29 is 14.3 Å². The zero-order valence-corrected chi connectivity index (χ0v) is 16.1. The summed E-state index contributed by atoms with van der Waals surface area (Å²) in [7, 11) is 1.52. The van der Waals surface area contributed by atoms with Crippen LogP contribution in [0, 0.1) is 0 Å². The first-order valence-electron chi connectivity index (χ1n) is 8.05. The van der Waals surface area contributed by atoms with Gasteiger partial charge in [-0.2, -0.15) is 0 Å². The summed E-state index contributed by atoms with van der Waals surface area (Å²) >= 11 is 12.4. The molecular formula is C19H20Cl2N2O3. The van der Waals surface area contributed by atoms with Crippen molar-refractivity contribution in [2.45, 2.75) is 19.5 Å². The van der Waals surface area contributed by atoms with Crippen LogP contribution >= 0.6 is 23.2 Å². The van der Waals surface area contributed by atoms with Gasteiger partial charge >= 0.3 is 0 Å². The molecule has 0 aliphatic heterocycles. The number of amides is 2. The number of ether oxygens (including phenoxy) is 1. The Bertz CT molecular complexity index is 748. The van der Waals surface area contributed by atoms with Crippen molar-refractivity contribution in [3.05, 3.63) is 64.1 Å². The molecule has 2 aromatic rings. The van der Waals surface area contributed by atoms with Crippen molar-refractivity contribution >= 4 is 35.0 Å². The minimum atomic E-state index is -0.709. The summed E-state index contributed by atoms with van der Waals surface area (Å²) in [6, 6.07) is 13.4. The van der Waals surface area contributed by atoms with Gasteiger partial charge in [0.1, 0.15) is 11.8 Å². The number of hydrogen-bond acceptors (Lipinski definition) is 3. The van der Waals surface area contributed by atoms with Crippen LogP contribution in [0.5, 0.6) is 5.75 Å². The predicted octanol–water partition coefficient (Wildman–Crippen LogP) is 3.54. The van der Waals surface area contributed by atoms with E-state index in [1.165, 1.54) is 11.9 Å². The molecule has 0 aliphatic carbocycles. The largest absolute Gasteiger partial charge is 0.484 e. The molecular weight excluding hydrogens is 375 g/mol. The third-order valence-electron chi connectivity index (χ3n) is 3.91. The van der Waals surface area contributed by atoms with Gasteiger partial charge in [-0.05, 0) is 31.2 Å². The van der Waals surface area contributed by atoms with Crippen LogP contribution in [0.4, 0.5) is 0 Å². The number of likely N-dealkylation sites (N-methyl/N-ethyl adjacent to an activating group) is 1. The van der Waals surface area contributed by atoms with E-state index in [1.807, 2.05) is 18.2 Å². The van der Waals surface area contributed by atoms with Crippen molar-refractivity contribution in [3.63, 3.8) is 0 Å². The molecule has 0 spiro atoms. The molecule has 0 saturated heterocycles. The predicted molar refractivity (Wildman–Crippen MR) is 102 cm³/mol. The SMILES string of the molecule is CNC(=O)[C@H](C)N(Cc1c(Cl)cccc1Cl)C(=O)COc1ccccc1. The Kier molecular flexibility index (Phi) is 7.30. The van der Waals surface area contributed by atoms with Crippen LogP contribution in [0.3, 0.4) is 0 Å². The van der Waals surface area contributed by atoms with E-state index in [1.54, 1.807) is 37.3 Å². The first-order valence-corrected chi connectivity index (χ1v) is 8.81. The summed E-state index contributed by atoms with van der Waals surface area (Å²) in [5, 5.41) is 3.42. The van der Waals surface area contributed by atoms with E-state index in [-0.39, 0.29) is 25.0 Å². The van der Waals surface area contributed by atoms with Crippen LogP contribution in [0.2, 0.25) is 10.0 Å². The lowest BCUT2D eigenvalue weighted by atomic mass is 10.1. The quantitative estimate of drug-likeness (QED) is 0.780. The average molecular weight is 395 g/mol. The van der Waals surface area contributed by atoms with Gasteiger partial charge in [0.2, 0.25) is 5.91 Å². The maximum Gasteiger partial charge on any atom is 0.261 e. The molecule has 7 heteroatoms. The lowest BCUT2D eigenvalue weighted by Crippen LogP contribution is -2.48. The standard InChI is InChI=1S/C19H20Cl2N2O3/c1-13(19(25)22-2)23(11-15-16(20)9-6-10-17(15)21)18(24)12-26-14-7-4-3-5-8-14/h3-10,13H,11-12H2,1-2H3,(H,22,25)/t13-/m0/s1. The third kappa shape index (κ3) is 5.13. The summed E-state index contributed by atoms with van der Waals surface area (Å²) in [4.78, 5) is 26.2. The van der Waals surface area contributed by atoms with Gasteiger partial charge in [-0.1, -0.05) is 47.5 Å². The highest BCUT2D eigenvalue weighted by Gasteiger charge is 2.27. The molecule has 2 aromatic carbocycles. The Labute approximate surface area is 162 Å². The van der Waals surface area contributed by atoms with E-state index >= 15 is 0 Å². The molecule has 0 fully saturated rings. The number of carbonyl (C=O) groups is 2. The van der Waals surface area contributed by atoms with Gasteiger partial charge in [0.15, 0.2) is 6.61 Å². The number of nitrogens with zero attached hydrogens (tertiary/aromatic N) is 1. The van der Waals surface area contributed by atoms with Crippen LogP contribution in [-0.4, -0.2) is 36.4 Å². The average Bonchev–Trinajstić information content (AvgIpc) is 2.65. The van der Waals surface area contributed by atoms with Crippen molar-refractivity contribution in [1.29, 1.82) is 0 Å². The molecule has 0 aromatic heterocycles. The fourth-order valence-corrected chi connectivity index (χ4v) is 2.91. The second kappa shape index (κ2) is 9.46. The van der Waals surface area contributed by atoms with Gasteiger partial charge in [-0.15, -0.1) is 0 Å². The number of nitrogens with one attached hydrogen (secondary N) is 1. The second-order valence-corrected chi connectivity index (χ2v) is 6.43. The Morgan fingerprint density at radius 2 is 1.69 bits per heavy atom. The highest BCUT2D eigenvalue weighted by atomic mass is 35.5. The molecule has 2 rings (SSSR count). The maximum atomic E-state index is 12.7. The molecule has 26 heavy (non-hydrogen) atoms. The minimum Gasteiger partial charge on any atom is -0.484 e. The topological polar surface area (TPSA) is 58.6 Å². The first-order chi connectivity index (χ1) is 12.4. The van der Waals surface area contributed by atoms with E-state index < -0.39 is 6.04 Å². The Morgan fingerprint density at radius 1 is 1.08 bits per heavy atom. The number of hydrogen-bond donors (Lipinski definition) is 1. The zero-order chi connectivity index (χ0) is 19.1. The van der Waals surface area contributed by atoms with E-state index in [4.69, 9.17) is 27.9 Å². The smallest absolute Gasteiger partial charge is 0.261 e. The van der Waals surface area contributed by atoms with Crippen LogP contribution in [0.1, 0.15) is 12.5 Å². The van der Waals surface area contributed by atoms with E-state index in [0.29, 0.717) is 21.4 Å². The monoisotopic (exact) mass is 394 g/mol. The number of benzene rings is 2. The van der Waals surface area contributed by atoms with Gasteiger partial charge < -0.3 is 15.0 Å². The highest BCUT2D eigenvalue weighted by Crippen LogP contribution is 2.26. The molecule has 1 N–H and O–H groups in total. The van der Waals surface area contributed by atoms with Gasteiger partial charge in [-0.3, -0.25) is 9.59 Å². The van der Waals surface area contributed by atoms with Crippen molar-refractivity contribution in [2.75, 3.05) is 13.7 Å². The number of halogens is 2. The normalized spacial score (nSPS) is 11.5. The summed E-state index contributed by atoms with van der Waals surface area (Å²) in [6.07, 6.45) is 0. The van der Waals surface area contributed by atoms with Gasteiger partial charge in [0, 0.05) is 29.2 Å². The van der Waals surface area contributed by atoms with E-state index in [9.17, 15) is 9.59 Å². The molecule has 0 unspecified atom stereocenters. The fourth-order valence-electron chi connectivity index (χ4n) is 2.39. The van der Waals surface area contributed by atoms with Gasteiger partial charge in [0.05, 0.1) is 0 Å². The molecule has 0 bridgehead atoms. The Balaban J connectivity index is 2.20. The second-order valence-electron chi connectivity index (χ2n) is 5.61. The van der Waals surface area contributed by atoms with Crippen LogP contribution in [-0.2, 0) is 16.1 Å². The lowest BCUT2D eigenvalue weighted by molar-refractivity contribution is -0.142. The van der Waals surface area contributed by atoms with Crippen molar-refractivity contribution in [3.8, 4) is 5.75 Å². The number of para-hydroxylation sites is 1. The molecule has 0 aliphatic rings. The first kappa shape index (κ1) is 20.1. The van der Waals surface area contributed by atoms with Gasteiger partial charge in [-0.25, -0.2) is 0 Å². The molecule has 138 valence electrons. The number of carbonyl (C=O) groups excluding carboxylic acids is 2. The minimum absolute atomic E-state index is 0.101.